The fourth-order valence-electron chi connectivity index (χ4n) is 13.3. The van der Waals surface area contributed by atoms with Crippen LogP contribution in [0, 0.1) is 6.92 Å². The first-order valence-corrected chi connectivity index (χ1v) is 27.8. The summed E-state index contributed by atoms with van der Waals surface area (Å²) in [7, 11) is 0. The Bertz CT molecular complexity index is 4270. The molecule has 3 heterocycles. The molecule has 1 aliphatic carbocycles. The molecule has 364 valence electrons. The maximum atomic E-state index is 2.70. The lowest BCUT2D eigenvalue weighted by molar-refractivity contribution is 0.332. The summed E-state index contributed by atoms with van der Waals surface area (Å²) in [6.07, 6.45) is 2.31. The standard InChI is InChI=1S/C71H56BN3S/c1-45-37-58-59(71(4,5)36-35-70(58,2)3)44-62(45)74-63-40-50-23-17-16-22-49(50)39-60(63)72-69-57(42-55(43-64(69)74)73(52-25-11-7-12-26-52)53-27-13-8-14-28-53)67-61(75(72)54-31-29-47(30-32-54)46-19-9-6-10-20-46)33-34-65-68(67)56-38-48-21-15-18-24-51(48)41-66(56)76-65/h6-34,37-44H,35-36H2,1-5H3. The van der Waals surface area contributed by atoms with Crippen molar-refractivity contribution in [2.75, 3.05) is 14.6 Å². The SMILES string of the molecule is Cc1cc2c(cc1N1c3cc4ccccc4cc3B3c4c(cc(N(c5ccccc5)c5ccccc5)cc41)-c1c(ccc4sc5cc6ccccc6cc5c14)N3c1ccc(-c3ccccc3)cc1)C(C)(C)CCC2(C)C. The van der Waals surface area contributed by atoms with E-state index in [0.717, 1.165) is 29.2 Å². The second-order valence-electron chi connectivity index (χ2n) is 22.8. The second kappa shape index (κ2) is 16.8. The van der Waals surface area contributed by atoms with Crippen LogP contribution in [0.4, 0.5) is 45.5 Å². The molecule has 0 saturated carbocycles. The maximum Gasteiger partial charge on any atom is 0.333 e. The van der Waals surface area contributed by atoms with Crippen molar-refractivity contribution in [2.45, 2.75) is 58.3 Å². The minimum atomic E-state index is -0.177. The molecule has 0 radical (unpaired) electrons. The van der Waals surface area contributed by atoms with E-state index < -0.39 is 0 Å². The molecule has 0 N–H and O–H groups in total. The van der Waals surface area contributed by atoms with Crippen LogP contribution in [0.15, 0.2) is 224 Å². The summed E-state index contributed by atoms with van der Waals surface area (Å²) in [4.78, 5) is 7.85. The van der Waals surface area contributed by atoms with Gasteiger partial charge in [0.25, 0.3) is 0 Å². The van der Waals surface area contributed by atoms with Gasteiger partial charge in [-0.15, -0.1) is 11.3 Å². The highest BCUT2D eigenvalue weighted by Crippen LogP contribution is 2.56. The molecular formula is C71H56BN3S. The number of benzene rings is 11. The Balaban J connectivity index is 1.11. The molecule has 0 amide bonds. The average Bonchev–Trinajstić information content (AvgIpc) is 3.97. The van der Waals surface area contributed by atoms with Gasteiger partial charge in [0.15, 0.2) is 0 Å². The van der Waals surface area contributed by atoms with E-state index in [9.17, 15) is 0 Å². The maximum absolute atomic E-state index is 2.70. The molecule has 11 aromatic carbocycles. The number of rotatable bonds is 6. The summed E-state index contributed by atoms with van der Waals surface area (Å²) in [5.41, 5.74) is 21.2. The zero-order valence-electron chi connectivity index (χ0n) is 43.6. The van der Waals surface area contributed by atoms with Crippen molar-refractivity contribution in [1.29, 1.82) is 0 Å². The first kappa shape index (κ1) is 45.1. The molecule has 12 aromatic rings. The Morgan fingerprint density at radius 1 is 0.461 bits per heavy atom. The molecule has 0 atom stereocenters. The highest BCUT2D eigenvalue weighted by atomic mass is 32.1. The van der Waals surface area contributed by atoms with Crippen molar-refractivity contribution in [3.8, 4) is 22.3 Å². The largest absolute Gasteiger partial charge is 0.376 e. The molecule has 3 aliphatic rings. The topological polar surface area (TPSA) is 9.72 Å². The third-order valence-corrected chi connectivity index (χ3v) is 18.4. The Morgan fingerprint density at radius 2 is 1.03 bits per heavy atom. The lowest BCUT2D eigenvalue weighted by Crippen LogP contribution is -2.61. The minimum Gasteiger partial charge on any atom is -0.376 e. The fourth-order valence-corrected chi connectivity index (χ4v) is 14.5. The number of aryl methyl sites for hydroxylation is 1. The van der Waals surface area contributed by atoms with Crippen molar-refractivity contribution < 1.29 is 0 Å². The van der Waals surface area contributed by atoms with Crippen LogP contribution in [-0.2, 0) is 10.8 Å². The molecule has 1 aromatic heterocycles. The molecule has 3 nitrogen and oxygen atoms in total. The van der Waals surface area contributed by atoms with E-state index in [2.05, 4.69) is 274 Å². The van der Waals surface area contributed by atoms with E-state index >= 15 is 0 Å². The van der Waals surface area contributed by atoms with Gasteiger partial charge in [0, 0.05) is 71.2 Å². The van der Waals surface area contributed by atoms with Gasteiger partial charge in [0.1, 0.15) is 0 Å². The molecule has 0 spiro atoms. The highest BCUT2D eigenvalue weighted by molar-refractivity contribution is 7.26. The molecular weight excluding hydrogens is 938 g/mol. The molecule has 76 heavy (non-hydrogen) atoms. The molecule has 0 bridgehead atoms. The van der Waals surface area contributed by atoms with Gasteiger partial charge in [0.05, 0.1) is 0 Å². The van der Waals surface area contributed by atoms with Gasteiger partial charge in [-0.2, -0.15) is 0 Å². The van der Waals surface area contributed by atoms with Crippen LogP contribution in [0.25, 0.3) is 64.0 Å². The van der Waals surface area contributed by atoms with Crippen LogP contribution in [0.5, 0.6) is 0 Å². The number of thiophene rings is 1. The van der Waals surface area contributed by atoms with Gasteiger partial charge in [-0.1, -0.05) is 167 Å². The van der Waals surface area contributed by atoms with Crippen LogP contribution in [0.1, 0.15) is 57.2 Å². The van der Waals surface area contributed by atoms with E-state index in [4.69, 9.17) is 0 Å². The zero-order valence-corrected chi connectivity index (χ0v) is 44.4. The van der Waals surface area contributed by atoms with Gasteiger partial charge in [-0.25, -0.2) is 0 Å². The molecule has 2 aliphatic heterocycles. The smallest absolute Gasteiger partial charge is 0.333 e. The van der Waals surface area contributed by atoms with Crippen molar-refractivity contribution >= 4 is 116 Å². The number of fused-ring (bicyclic) bond motifs is 11. The molecule has 15 rings (SSSR count). The van der Waals surface area contributed by atoms with Gasteiger partial charge < -0.3 is 14.6 Å². The predicted octanol–water partition coefficient (Wildman–Crippen LogP) is 18.9. The van der Waals surface area contributed by atoms with E-state index in [1.807, 2.05) is 11.3 Å². The van der Waals surface area contributed by atoms with E-state index in [1.54, 1.807) is 0 Å². The number of para-hydroxylation sites is 2. The van der Waals surface area contributed by atoms with Crippen molar-refractivity contribution in [2.24, 2.45) is 0 Å². The Hall–Kier alpha value is -8.38. The summed E-state index contributed by atoms with van der Waals surface area (Å²) in [5, 5.41) is 7.59. The predicted molar refractivity (Wildman–Crippen MR) is 328 cm³/mol. The van der Waals surface area contributed by atoms with Crippen molar-refractivity contribution in [3.63, 3.8) is 0 Å². The van der Waals surface area contributed by atoms with E-state index in [1.165, 1.54) is 121 Å². The van der Waals surface area contributed by atoms with Crippen molar-refractivity contribution in [3.05, 3.63) is 241 Å². The molecule has 0 saturated heterocycles. The van der Waals surface area contributed by atoms with Gasteiger partial charge in [-0.3, -0.25) is 0 Å². The normalized spacial score (nSPS) is 14.9. The summed E-state index contributed by atoms with van der Waals surface area (Å²) >= 11 is 1.91. The van der Waals surface area contributed by atoms with Gasteiger partial charge >= 0.3 is 6.85 Å². The van der Waals surface area contributed by atoms with Crippen LogP contribution in [0.3, 0.4) is 0 Å². The van der Waals surface area contributed by atoms with Gasteiger partial charge in [0.2, 0.25) is 0 Å². The van der Waals surface area contributed by atoms with E-state index in [0.29, 0.717) is 0 Å². The number of hydrogen-bond donors (Lipinski definition) is 0. The summed E-state index contributed by atoms with van der Waals surface area (Å²) in [6, 6.07) is 84.8. The van der Waals surface area contributed by atoms with Gasteiger partial charge in [-0.05, 0) is 181 Å². The van der Waals surface area contributed by atoms with Crippen LogP contribution < -0.4 is 25.5 Å². The van der Waals surface area contributed by atoms with Crippen LogP contribution in [0.2, 0.25) is 0 Å². The molecule has 0 unspecified atom stereocenters. The first-order valence-electron chi connectivity index (χ1n) is 27.0. The lowest BCUT2D eigenvalue weighted by atomic mass is 9.43. The Kier molecular flexibility index (Phi) is 9.97. The Labute approximate surface area is 450 Å². The number of hydrogen-bond acceptors (Lipinski definition) is 4. The summed E-state index contributed by atoms with van der Waals surface area (Å²) in [5.74, 6) is 0. The van der Waals surface area contributed by atoms with Crippen LogP contribution in [-0.4, -0.2) is 6.85 Å². The number of anilines is 8. The summed E-state index contributed by atoms with van der Waals surface area (Å²) < 4.78 is 2.59. The average molecular weight is 994 g/mol. The molecule has 0 fully saturated rings. The zero-order chi connectivity index (χ0) is 51.0. The fraction of sp³-hybridized carbons (Fsp3) is 0.127. The molecule has 5 heteroatoms. The highest BCUT2D eigenvalue weighted by Gasteiger charge is 2.47. The van der Waals surface area contributed by atoms with E-state index in [-0.39, 0.29) is 17.7 Å². The van der Waals surface area contributed by atoms with Crippen molar-refractivity contribution in [1.82, 2.24) is 0 Å². The third-order valence-electron chi connectivity index (χ3n) is 17.3. The third kappa shape index (κ3) is 6.88. The van der Waals surface area contributed by atoms with Crippen LogP contribution >= 0.6 is 11.3 Å². The monoisotopic (exact) mass is 993 g/mol. The second-order valence-corrected chi connectivity index (χ2v) is 23.9. The first-order chi connectivity index (χ1) is 37.1. The Morgan fingerprint density at radius 3 is 1.68 bits per heavy atom. The summed E-state index contributed by atoms with van der Waals surface area (Å²) in [6.45, 7) is 12.0. The lowest BCUT2D eigenvalue weighted by Gasteiger charge is -2.47. The quantitative estimate of drug-likeness (QED) is 0.154. The minimum absolute atomic E-state index is 0.00791. The number of nitrogens with zero attached hydrogens (tertiary/aromatic N) is 3.